The Kier molecular flexibility index (Phi) is 3.67. The van der Waals surface area contributed by atoms with E-state index in [4.69, 9.17) is 16.4 Å². The van der Waals surface area contributed by atoms with Crippen molar-refractivity contribution >= 4 is 17.2 Å². The molecule has 0 amide bonds. The number of hydrazone groups is 1. The van der Waals surface area contributed by atoms with Crippen molar-refractivity contribution in [3.63, 3.8) is 0 Å². The SMILES string of the molecule is Cc1cc(O)c(N/N=C(\C#N)C(=N)N)cc1C. The Morgan fingerprint density at radius 2 is 2.06 bits per heavy atom. The second-order valence-corrected chi connectivity index (χ2v) is 3.55. The van der Waals surface area contributed by atoms with Gasteiger partial charge in [0.1, 0.15) is 11.8 Å². The van der Waals surface area contributed by atoms with Gasteiger partial charge in [0, 0.05) is 0 Å². The summed E-state index contributed by atoms with van der Waals surface area (Å²) in [5, 5.41) is 29.0. The second kappa shape index (κ2) is 4.99. The van der Waals surface area contributed by atoms with Gasteiger partial charge >= 0.3 is 0 Å². The zero-order valence-electron chi connectivity index (χ0n) is 9.57. The Morgan fingerprint density at radius 1 is 1.47 bits per heavy atom. The fourth-order valence-corrected chi connectivity index (χ4v) is 1.15. The van der Waals surface area contributed by atoms with Gasteiger partial charge in [-0.1, -0.05) is 0 Å². The Morgan fingerprint density at radius 3 is 2.59 bits per heavy atom. The molecule has 17 heavy (non-hydrogen) atoms. The molecule has 0 spiro atoms. The molecule has 0 atom stereocenters. The summed E-state index contributed by atoms with van der Waals surface area (Å²) in [6, 6.07) is 4.96. The van der Waals surface area contributed by atoms with Gasteiger partial charge in [0.15, 0.2) is 5.84 Å². The summed E-state index contributed by atoms with van der Waals surface area (Å²) < 4.78 is 0. The summed E-state index contributed by atoms with van der Waals surface area (Å²) in [5.41, 5.74) is 9.69. The van der Waals surface area contributed by atoms with Gasteiger partial charge in [-0.15, -0.1) is 0 Å². The fraction of sp³-hybridized carbons (Fsp3) is 0.182. The first kappa shape index (κ1) is 12.5. The van der Waals surface area contributed by atoms with Crippen LogP contribution in [-0.2, 0) is 0 Å². The van der Waals surface area contributed by atoms with E-state index in [2.05, 4.69) is 10.5 Å². The number of nitriles is 1. The van der Waals surface area contributed by atoms with Gasteiger partial charge in [0.2, 0.25) is 5.71 Å². The molecule has 0 aliphatic rings. The van der Waals surface area contributed by atoms with Crippen molar-refractivity contribution < 1.29 is 5.11 Å². The van der Waals surface area contributed by atoms with E-state index < -0.39 is 5.84 Å². The first-order valence-electron chi connectivity index (χ1n) is 4.84. The number of nitrogens with one attached hydrogen (secondary N) is 2. The van der Waals surface area contributed by atoms with E-state index in [9.17, 15) is 5.11 Å². The number of phenolic OH excluding ortho intramolecular Hbond substituents is 1. The molecule has 0 fully saturated rings. The van der Waals surface area contributed by atoms with Crippen molar-refractivity contribution in [2.24, 2.45) is 10.8 Å². The van der Waals surface area contributed by atoms with Gasteiger partial charge in [-0.2, -0.15) is 10.4 Å². The molecule has 1 rings (SSSR count). The fourth-order valence-electron chi connectivity index (χ4n) is 1.15. The summed E-state index contributed by atoms with van der Waals surface area (Å²) in [6.07, 6.45) is 0. The number of benzene rings is 1. The Hall–Kier alpha value is -2.55. The molecule has 0 heterocycles. The van der Waals surface area contributed by atoms with Crippen LogP contribution < -0.4 is 11.2 Å². The Bertz CT molecular complexity index is 527. The van der Waals surface area contributed by atoms with E-state index in [1.54, 1.807) is 18.2 Å². The Balaban J connectivity index is 3.01. The second-order valence-electron chi connectivity index (χ2n) is 3.55. The molecular weight excluding hydrogens is 218 g/mol. The van der Waals surface area contributed by atoms with Crippen LogP contribution in [0.4, 0.5) is 5.69 Å². The molecule has 0 saturated carbocycles. The monoisotopic (exact) mass is 231 g/mol. The molecule has 6 heteroatoms. The maximum Gasteiger partial charge on any atom is 0.201 e. The summed E-state index contributed by atoms with van der Waals surface area (Å²) in [5.74, 6) is -0.402. The number of hydrogen-bond donors (Lipinski definition) is 4. The van der Waals surface area contributed by atoms with E-state index in [0.29, 0.717) is 5.69 Å². The summed E-state index contributed by atoms with van der Waals surface area (Å²) in [4.78, 5) is 0. The van der Waals surface area contributed by atoms with Crippen molar-refractivity contribution in [3.05, 3.63) is 23.3 Å². The minimum Gasteiger partial charge on any atom is -0.506 e. The van der Waals surface area contributed by atoms with Crippen LogP contribution in [0.3, 0.4) is 0 Å². The van der Waals surface area contributed by atoms with Gasteiger partial charge in [-0.25, -0.2) is 0 Å². The van der Waals surface area contributed by atoms with Crippen LogP contribution in [-0.4, -0.2) is 16.7 Å². The standard InChI is InChI=1S/C11H13N5O/c1-6-3-8(10(17)4-7(6)2)15-16-9(5-12)11(13)14/h3-4,15,17H,1-2H3,(H3,13,14)/b16-9+. The third-order valence-corrected chi connectivity index (χ3v) is 2.26. The van der Waals surface area contributed by atoms with E-state index in [1.165, 1.54) is 0 Å². The highest BCUT2D eigenvalue weighted by Gasteiger charge is 2.05. The molecule has 1 aromatic rings. The molecule has 5 N–H and O–H groups in total. The summed E-state index contributed by atoms with van der Waals surface area (Å²) in [7, 11) is 0. The van der Waals surface area contributed by atoms with Crippen LogP contribution in [0, 0.1) is 30.6 Å². The lowest BCUT2D eigenvalue weighted by molar-refractivity contribution is 0.476. The van der Waals surface area contributed by atoms with Gasteiger partial charge in [0.25, 0.3) is 0 Å². The van der Waals surface area contributed by atoms with Crippen LogP contribution in [0.15, 0.2) is 17.2 Å². The number of aryl methyl sites for hydroxylation is 2. The number of nitrogens with zero attached hydrogens (tertiary/aromatic N) is 2. The first-order valence-corrected chi connectivity index (χ1v) is 4.84. The van der Waals surface area contributed by atoms with Crippen molar-refractivity contribution in [1.29, 1.82) is 10.7 Å². The number of hydrogen-bond acceptors (Lipinski definition) is 5. The predicted octanol–water partition coefficient (Wildman–Crippen LogP) is 1.24. The van der Waals surface area contributed by atoms with Gasteiger partial charge in [-0.3, -0.25) is 10.8 Å². The summed E-state index contributed by atoms with van der Waals surface area (Å²) >= 11 is 0. The third-order valence-electron chi connectivity index (χ3n) is 2.26. The molecule has 88 valence electrons. The molecule has 0 unspecified atom stereocenters. The van der Waals surface area contributed by atoms with Crippen LogP contribution in [0.25, 0.3) is 0 Å². The largest absolute Gasteiger partial charge is 0.506 e. The van der Waals surface area contributed by atoms with Crippen molar-refractivity contribution in [2.75, 3.05) is 5.43 Å². The number of nitrogens with two attached hydrogens (primary N) is 1. The maximum atomic E-state index is 9.64. The average Bonchev–Trinajstić information content (AvgIpc) is 2.25. The Labute approximate surface area is 98.9 Å². The number of amidine groups is 1. The zero-order chi connectivity index (χ0) is 13.0. The highest BCUT2D eigenvalue weighted by Crippen LogP contribution is 2.26. The predicted molar refractivity (Wildman–Crippen MR) is 66.2 cm³/mol. The average molecular weight is 231 g/mol. The molecule has 0 aromatic heterocycles. The number of aromatic hydroxyl groups is 1. The van der Waals surface area contributed by atoms with Crippen molar-refractivity contribution in [2.45, 2.75) is 13.8 Å². The molecule has 0 aliphatic carbocycles. The topological polar surface area (TPSA) is 118 Å². The minimum absolute atomic E-state index is 0.0256. The van der Waals surface area contributed by atoms with Crippen LogP contribution in [0.5, 0.6) is 5.75 Å². The van der Waals surface area contributed by atoms with Crippen LogP contribution in [0.2, 0.25) is 0 Å². The van der Waals surface area contributed by atoms with E-state index in [-0.39, 0.29) is 11.5 Å². The molecule has 6 nitrogen and oxygen atoms in total. The van der Waals surface area contributed by atoms with Gasteiger partial charge in [-0.05, 0) is 37.1 Å². The van der Waals surface area contributed by atoms with Gasteiger partial charge in [0.05, 0.1) is 5.69 Å². The summed E-state index contributed by atoms with van der Waals surface area (Å²) in [6.45, 7) is 3.76. The smallest absolute Gasteiger partial charge is 0.201 e. The highest BCUT2D eigenvalue weighted by atomic mass is 16.3. The van der Waals surface area contributed by atoms with E-state index in [1.807, 2.05) is 13.8 Å². The minimum atomic E-state index is -0.427. The molecule has 1 aromatic carbocycles. The highest BCUT2D eigenvalue weighted by molar-refractivity contribution is 6.45. The lowest BCUT2D eigenvalue weighted by atomic mass is 10.1. The lowest BCUT2D eigenvalue weighted by Gasteiger charge is -2.07. The third kappa shape index (κ3) is 2.95. The lowest BCUT2D eigenvalue weighted by Crippen LogP contribution is -2.21. The quantitative estimate of drug-likeness (QED) is 0.271. The molecular formula is C11H13N5O. The maximum absolute atomic E-state index is 9.64. The molecule has 0 aliphatic heterocycles. The normalized spacial score (nSPS) is 10.8. The number of phenols is 1. The van der Waals surface area contributed by atoms with Crippen molar-refractivity contribution in [3.8, 4) is 11.8 Å². The zero-order valence-corrected chi connectivity index (χ0v) is 9.57. The van der Waals surface area contributed by atoms with Crippen molar-refractivity contribution in [1.82, 2.24) is 0 Å². The van der Waals surface area contributed by atoms with E-state index in [0.717, 1.165) is 11.1 Å². The van der Waals surface area contributed by atoms with Crippen LogP contribution in [0.1, 0.15) is 11.1 Å². The van der Waals surface area contributed by atoms with Crippen LogP contribution >= 0.6 is 0 Å². The number of anilines is 1. The molecule has 0 saturated heterocycles. The first-order chi connectivity index (χ1) is 7.95. The van der Waals surface area contributed by atoms with Gasteiger partial charge < -0.3 is 10.8 Å². The number of rotatable bonds is 3. The van der Waals surface area contributed by atoms with E-state index >= 15 is 0 Å². The molecule has 0 bridgehead atoms. The molecule has 0 radical (unpaired) electrons.